The monoisotopic (exact) mass is 375 g/mol. The van der Waals surface area contributed by atoms with Crippen molar-refractivity contribution in [2.75, 3.05) is 19.0 Å². The Morgan fingerprint density at radius 1 is 1.19 bits per heavy atom. The van der Waals surface area contributed by atoms with E-state index >= 15 is 0 Å². The molecule has 0 bridgehead atoms. The maximum Gasteiger partial charge on any atom is 0.387 e. The van der Waals surface area contributed by atoms with E-state index in [2.05, 4.69) is 15.4 Å². The molecule has 0 radical (unpaired) electrons. The predicted molar refractivity (Wildman–Crippen MR) is 91.7 cm³/mol. The van der Waals surface area contributed by atoms with Crippen molar-refractivity contribution in [1.29, 1.82) is 5.26 Å². The topological polar surface area (TPSA) is 100 Å². The lowest BCUT2D eigenvalue weighted by Gasteiger charge is -2.11. The molecule has 7 nitrogen and oxygen atoms in total. The summed E-state index contributed by atoms with van der Waals surface area (Å²) in [5, 5.41) is 13.8. The lowest BCUT2D eigenvalue weighted by molar-refractivity contribution is -0.115. The number of alkyl halides is 2. The Balaban J connectivity index is 1.96. The van der Waals surface area contributed by atoms with Gasteiger partial charge in [0.15, 0.2) is 11.5 Å². The summed E-state index contributed by atoms with van der Waals surface area (Å²) in [7, 11) is 1.25. The van der Waals surface area contributed by atoms with Crippen LogP contribution < -0.4 is 20.1 Å². The van der Waals surface area contributed by atoms with Crippen LogP contribution in [0.1, 0.15) is 15.9 Å². The first-order valence-electron chi connectivity index (χ1n) is 7.64. The molecule has 0 heterocycles. The fraction of sp³-hybridized carbons (Fsp3) is 0.167. The molecule has 27 heavy (non-hydrogen) atoms. The van der Waals surface area contributed by atoms with Crippen LogP contribution in [0.4, 0.5) is 14.5 Å². The molecule has 0 unspecified atom stereocenters. The molecule has 9 heteroatoms. The van der Waals surface area contributed by atoms with E-state index in [-0.39, 0.29) is 23.6 Å². The third-order valence-electron chi connectivity index (χ3n) is 3.33. The van der Waals surface area contributed by atoms with E-state index < -0.39 is 18.4 Å². The quantitative estimate of drug-likeness (QED) is 0.775. The molecule has 2 amide bonds. The summed E-state index contributed by atoms with van der Waals surface area (Å²) < 4.78 is 33.8. The minimum Gasteiger partial charge on any atom is -0.493 e. The first kappa shape index (κ1) is 19.7. The molecular weight excluding hydrogens is 360 g/mol. The average molecular weight is 375 g/mol. The number of benzene rings is 2. The van der Waals surface area contributed by atoms with Crippen LogP contribution in [0.15, 0.2) is 42.5 Å². The molecule has 2 aromatic carbocycles. The number of hydrogen-bond acceptors (Lipinski definition) is 5. The van der Waals surface area contributed by atoms with Gasteiger partial charge in [0.2, 0.25) is 5.91 Å². The van der Waals surface area contributed by atoms with Crippen LogP contribution in [0.5, 0.6) is 11.5 Å². The van der Waals surface area contributed by atoms with Crippen LogP contribution in [0, 0.1) is 11.3 Å². The van der Waals surface area contributed by atoms with Gasteiger partial charge < -0.3 is 20.1 Å². The Bertz CT molecular complexity index is 881. The van der Waals surface area contributed by atoms with Gasteiger partial charge in [-0.1, -0.05) is 6.07 Å². The van der Waals surface area contributed by atoms with Gasteiger partial charge in [0, 0.05) is 11.3 Å². The Morgan fingerprint density at radius 3 is 2.63 bits per heavy atom. The van der Waals surface area contributed by atoms with E-state index in [0.717, 1.165) is 0 Å². The van der Waals surface area contributed by atoms with Crippen molar-refractivity contribution in [3.63, 3.8) is 0 Å². The van der Waals surface area contributed by atoms with Gasteiger partial charge in [0.05, 0.1) is 25.3 Å². The molecule has 2 aromatic rings. The summed E-state index contributed by atoms with van der Waals surface area (Å²) in [6.45, 7) is -3.35. The molecule has 0 aliphatic rings. The number of nitrogens with zero attached hydrogens (tertiary/aromatic N) is 1. The Kier molecular flexibility index (Phi) is 6.66. The summed E-state index contributed by atoms with van der Waals surface area (Å²) in [6, 6.07) is 11.9. The van der Waals surface area contributed by atoms with E-state index in [0.29, 0.717) is 11.3 Å². The fourth-order valence-electron chi connectivity index (χ4n) is 2.14. The number of halogens is 2. The summed E-state index contributed by atoms with van der Waals surface area (Å²) in [5.41, 5.74) is 0.909. The van der Waals surface area contributed by atoms with Crippen molar-refractivity contribution < 1.29 is 27.8 Å². The van der Waals surface area contributed by atoms with Crippen LogP contribution in [0.3, 0.4) is 0 Å². The smallest absolute Gasteiger partial charge is 0.387 e. The molecule has 0 saturated heterocycles. The lowest BCUT2D eigenvalue weighted by atomic mass is 10.2. The Labute approximate surface area is 153 Å². The zero-order valence-corrected chi connectivity index (χ0v) is 14.2. The Hall–Kier alpha value is -3.67. The normalized spacial score (nSPS) is 10.0. The summed E-state index contributed by atoms with van der Waals surface area (Å²) >= 11 is 0. The zero-order chi connectivity index (χ0) is 19.8. The van der Waals surface area contributed by atoms with Crippen LogP contribution in [-0.2, 0) is 4.79 Å². The molecule has 0 aliphatic heterocycles. The molecule has 2 N–H and O–H groups in total. The molecule has 2 rings (SSSR count). The maximum atomic E-state index is 12.3. The molecular formula is C18H15F2N3O4. The largest absolute Gasteiger partial charge is 0.493 e. The van der Waals surface area contributed by atoms with Crippen molar-refractivity contribution in [2.45, 2.75) is 6.61 Å². The zero-order valence-electron chi connectivity index (χ0n) is 14.2. The van der Waals surface area contributed by atoms with E-state index in [4.69, 9.17) is 10.00 Å². The van der Waals surface area contributed by atoms with Crippen molar-refractivity contribution in [2.24, 2.45) is 0 Å². The third-order valence-corrected chi connectivity index (χ3v) is 3.33. The number of carbonyl (C=O) groups excluding carboxylic acids is 2. The first-order chi connectivity index (χ1) is 12.9. The van der Waals surface area contributed by atoms with Crippen molar-refractivity contribution in [1.82, 2.24) is 5.32 Å². The van der Waals surface area contributed by atoms with Gasteiger partial charge in [-0.15, -0.1) is 0 Å². The minimum atomic E-state index is -3.03. The summed E-state index contributed by atoms with van der Waals surface area (Å²) in [6.07, 6.45) is 0. The van der Waals surface area contributed by atoms with Crippen molar-refractivity contribution >= 4 is 17.5 Å². The van der Waals surface area contributed by atoms with Gasteiger partial charge in [0.1, 0.15) is 0 Å². The van der Waals surface area contributed by atoms with Gasteiger partial charge in [0.25, 0.3) is 5.91 Å². The second kappa shape index (κ2) is 9.15. The molecule has 0 spiro atoms. The molecule has 0 fully saturated rings. The van der Waals surface area contributed by atoms with Crippen LogP contribution in [0.2, 0.25) is 0 Å². The van der Waals surface area contributed by atoms with E-state index in [1.54, 1.807) is 18.2 Å². The van der Waals surface area contributed by atoms with Gasteiger partial charge in [-0.05, 0) is 36.4 Å². The SMILES string of the molecule is COc1cc(C(=O)NCC(=O)Nc2cccc(C#N)c2)ccc1OC(F)F. The van der Waals surface area contributed by atoms with Gasteiger partial charge >= 0.3 is 6.61 Å². The number of nitrogens with one attached hydrogen (secondary N) is 2. The molecule has 0 aromatic heterocycles. The minimum absolute atomic E-state index is 0.0410. The van der Waals surface area contributed by atoms with Crippen LogP contribution in [-0.4, -0.2) is 32.1 Å². The number of rotatable bonds is 7. The highest BCUT2D eigenvalue weighted by Crippen LogP contribution is 2.29. The lowest BCUT2D eigenvalue weighted by Crippen LogP contribution is -2.32. The van der Waals surface area contributed by atoms with E-state index in [1.807, 2.05) is 6.07 Å². The molecule has 140 valence electrons. The van der Waals surface area contributed by atoms with Gasteiger partial charge in [-0.25, -0.2) is 0 Å². The fourth-order valence-corrected chi connectivity index (χ4v) is 2.14. The number of hydrogen-bond donors (Lipinski definition) is 2. The molecule has 0 saturated carbocycles. The number of amides is 2. The van der Waals surface area contributed by atoms with Crippen molar-refractivity contribution in [3.05, 3.63) is 53.6 Å². The maximum absolute atomic E-state index is 12.3. The predicted octanol–water partition coefficient (Wildman–Crippen LogP) is 2.54. The van der Waals surface area contributed by atoms with E-state index in [9.17, 15) is 18.4 Å². The van der Waals surface area contributed by atoms with Crippen LogP contribution in [0.25, 0.3) is 0 Å². The number of carbonyl (C=O) groups is 2. The van der Waals surface area contributed by atoms with Crippen LogP contribution >= 0.6 is 0 Å². The highest BCUT2D eigenvalue weighted by Gasteiger charge is 2.15. The third kappa shape index (κ3) is 5.67. The average Bonchev–Trinajstić information content (AvgIpc) is 2.66. The Morgan fingerprint density at radius 2 is 1.96 bits per heavy atom. The highest BCUT2D eigenvalue weighted by atomic mass is 19.3. The number of methoxy groups -OCH3 is 1. The molecule has 0 aliphatic carbocycles. The van der Waals surface area contributed by atoms with E-state index in [1.165, 1.54) is 31.4 Å². The molecule has 0 atom stereocenters. The highest BCUT2D eigenvalue weighted by molar-refractivity contribution is 5.99. The first-order valence-corrected chi connectivity index (χ1v) is 7.64. The number of ether oxygens (including phenoxy) is 2. The summed E-state index contributed by atoms with van der Waals surface area (Å²) in [4.78, 5) is 24.0. The number of anilines is 1. The second-order valence-corrected chi connectivity index (χ2v) is 5.17. The standard InChI is InChI=1S/C18H15F2N3O4/c1-26-15-8-12(5-6-14(15)27-18(19)20)17(25)22-10-16(24)23-13-4-2-3-11(7-13)9-21/h2-8,18H,10H2,1H3,(H,22,25)(H,23,24). The summed E-state index contributed by atoms with van der Waals surface area (Å²) in [5.74, 6) is -1.35. The second-order valence-electron chi connectivity index (χ2n) is 5.17. The van der Waals surface area contributed by atoms with Gasteiger partial charge in [-0.2, -0.15) is 14.0 Å². The van der Waals surface area contributed by atoms with Crippen molar-refractivity contribution in [3.8, 4) is 17.6 Å². The van der Waals surface area contributed by atoms with Gasteiger partial charge in [-0.3, -0.25) is 9.59 Å². The number of nitriles is 1.